The SMILES string of the molecule is O=C1C(=O)N(Cc2cn(CCCNc3ccnc4cc(Cl)ccc34)nn2)c2ccc(Br)cc21. The summed E-state index contributed by atoms with van der Waals surface area (Å²) < 4.78 is 2.50. The van der Waals surface area contributed by atoms with Crippen LogP contribution in [-0.2, 0) is 17.9 Å². The fraction of sp³-hybridized carbons (Fsp3) is 0.174. The Morgan fingerprint density at radius 1 is 1.09 bits per heavy atom. The number of benzene rings is 2. The quantitative estimate of drug-likeness (QED) is 0.283. The minimum absolute atomic E-state index is 0.197. The zero-order valence-electron chi connectivity index (χ0n) is 17.3. The standard InChI is InChI=1S/C23H18BrClN6O2/c24-14-2-5-21-18(10-14)22(32)23(33)31(21)13-16-12-30(29-28-16)9-1-7-26-19-6-8-27-20-11-15(25)3-4-17(19)20/h2-6,8,10-12H,1,7,9,13H2,(H,26,27). The fourth-order valence-electron chi connectivity index (χ4n) is 3.85. The van der Waals surface area contributed by atoms with Crippen molar-refractivity contribution in [1.82, 2.24) is 20.0 Å². The van der Waals surface area contributed by atoms with Crippen LogP contribution in [0, 0.1) is 0 Å². The van der Waals surface area contributed by atoms with Crippen molar-refractivity contribution in [3.63, 3.8) is 0 Å². The van der Waals surface area contributed by atoms with Gasteiger partial charge in [-0.05, 0) is 48.9 Å². The Morgan fingerprint density at radius 2 is 1.97 bits per heavy atom. The largest absolute Gasteiger partial charge is 0.384 e. The maximum atomic E-state index is 12.4. The predicted molar refractivity (Wildman–Crippen MR) is 130 cm³/mol. The van der Waals surface area contributed by atoms with Crippen LogP contribution in [-0.4, -0.2) is 38.2 Å². The highest BCUT2D eigenvalue weighted by Gasteiger charge is 2.36. The third kappa shape index (κ3) is 4.34. The first-order chi connectivity index (χ1) is 16.0. The molecule has 33 heavy (non-hydrogen) atoms. The Kier molecular flexibility index (Phi) is 5.82. The van der Waals surface area contributed by atoms with E-state index in [0.717, 1.165) is 34.0 Å². The molecule has 0 fully saturated rings. The predicted octanol–water partition coefficient (Wildman–Crippen LogP) is 4.47. The van der Waals surface area contributed by atoms with Crippen LogP contribution >= 0.6 is 27.5 Å². The summed E-state index contributed by atoms with van der Waals surface area (Å²) in [6, 6.07) is 12.8. The number of hydrogen-bond acceptors (Lipinski definition) is 6. The van der Waals surface area contributed by atoms with Crippen molar-refractivity contribution in [2.75, 3.05) is 16.8 Å². The molecule has 1 N–H and O–H groups in total. The maximum absolute atomic E-state index is 12.4. The zero-order valence-corrected chi connectivity index (χ0v) is 19.7. The van der Waals surface area contributed by atoms with Crippen LogP contribution in [0.4, 0.5) is 11.4 Å². The molecule has 0 unspecified atom stereocenters. The third-order valence-corrected chi connectivity index (χ3v) is 6.15. The normalized spacial score (nSPS) is 13.1. The highest BCUT2D eigenvalue weighted by molar-refractivity contribution is 9.10. The lowest BCUT2D eigenvalue weighted by Gasteiger charge is -2.14. The van der Waals surface area contributed by atoms with Crippen molar-refractivity contribution in [2.24, 2.45) is 0 Å². The van der Waals surface area contributed by atoms with Crippen LogP contribution in [0.25, 0.3) is 10.9 Å². The molecule has 1 aliphatic heterocycles. The first-order valence-corrected chi connectivity index (χ1v) is 11.5. The monoisotopic (exact) mass is 524 g/mol. The van der Waals surface area contributed by atoms with Gasteiger partial charge in [-0.25, -0.2) is 0 Å². The summed E-state index contributed by atoms with van der Waals surface area (Å²) in [5.41, 5.74) is 3.46. The minimum atomic E-state index is -0.548. The molecular weight excluding hydrogens is 508 g/mol. The van der Waals surface area contributed by atoms with E-state index in [1.807, 2.05) is 30.3 Å². The van der Waals surface area contributed by atoms with Crippen LogP contribution < -0.4 is 10.2 Å². The summed E-state index contributed by atoms with van der Waals surface area (Å²) in [5, 5.41) is 13.4. The molecular formula is C23H18BrClN6O2. The molecule has 1 aliphatic rings. The average molecular weight is 526 g/mol. The number of rotatable bonds is 7. The number of carbonyl (C=O) groups is 2. The molecule has 5 rings (SSSR count). The highest BCUT2D eigenvalue weighted by atomic mass is 79.9. The van der Waals surface area contributed by atoms with Crippen molar-refractivity contribution < 1.29 is 9.59 Å². The number of aromatic nitrogens is 4. The summed E-state index contributed by atoms with van der Waals surface area (Å²) in [4.78, 5) is 30.5. The molecule has 1 amide bonds. The van der Waals surface area contributed by atoms with E-state index in [1.54, 1.807) is 29.2 Å². The number of halogens is 2. The van der Waals surface area contributed by atoms with Gasteiger partial charge in [0.15, 0.2) is 0 Å². The van der Waals surface area contributed by atoms with Crippen molar-refractivity contribution in [3.8, 4) is 0 Å². The second-order valence-corrected chi connectivity index (χ2v) is 9.01. The molecule has 2 aromatic carbocycles. The van der Waals surface area contributed by atoms with Gasteiger partial charge in [0.25, 0.3) is 11.7 Å². The van der Waals surface area contributed by atoms with Crippen molar-refractivity contribution in [3.05, 3.63) is 75.6 Å². The molecule has 8 nitrogen and oxygen atoms in total. The first kappa shape index (κ1) is 21.5. The molecule has 0 atom stereocenters. The Labute approximate surface area is 202 Å². The lowest BCUT2D eigenvalue weighted by Crippen LogP contribution is -2.29. The van der Waals surface area contributed by atoms with Gasteiger partial charge in [0, 0.05) is 39.9 Å². The smallest absolute Gasteiger partial charge is 0.299 e. The maximum Gasteiger partial charge on any atom is 0.299 e. The van der Waals surface area contributed by atoms with Gasteiger partial charge in [-0.3, -0.25) is 24.2 Å². The number of ketones is 1. The molecule has 0 aliphatic carbocycles. The third-order valence-electron chi connectivity index (χ3n) is 5.42. The van der Waals surface area contributed by atoms with Gasteiger partial charge in [-0.2, -0.15) is 0 Å². The summed E-state index contributed by atoms with van der Waals surface area (Å²) >= 11 is 9.39. The van der Waals surface area contributed by atoms with Gasteiger partial charge in [0.1, 0.15) is 5.69 Å². The van der Waals surface area contributed by atoms with E-state index in [-0.39, 0.29) is 6.54 Å². The summed E-state index contributed by atoms with van der Waals surface area (Å²) in [6.45, 7) is 1.59. The van der Waals surface area contributed by atoms with Crippen molar-refractivity contribution in [1.29, 1.82) is 0 Å². The first-order valence-electron chi connectivity index (χ1n) is 10.3. The Morgan fingerprint density at radius 3 is 2.85 bits per heavy atom. The van der Waals surface area contributed by atoms with Gasteiger partial charge in [0.2, 0.25) is 0 Å². The van der Waals surface area contributed by atoms with Gasteiger partial charge in [-0.1, -0.05) is 32.7 Å². The molecule has 0 radical (unpaired) electrons. The molecule has 2 aromatic heterocycles. The molecule has 0 saturated carbocycles. The second-order valence-electron chi connectivity index (χ2n) is 7.66. The average Bonchev–Trinajstić information content (AvgIpc) is 3.35. The number of fused-ring (bicyclic) bond motifs is 2. The molecule has 0 saturated heterocycles. The number of nitrogens with one attached hydrogen (secondary N) is 1. The van der Waals surface area contributed by atoms with Gasteiger partial charge >= 0.3 is 0 Å². The van der Waals surface area contributed by atoms with Gasteiger partial charge in [0.05, 0.1) is 29.5 Å². The lowest BCUT2D eigenvalue weighted by atomic mass is 10.1. The van der Waals surface area contributed by atoms with Crippen LogP contribution in [0.3, 0.4) is 0 Å². The van der Waals surface area contributed by atoms with Crippen LogP contribution in [0.1, 0.15) is 22.5 Å². The van der Waals surface area contributed by atoms with Gasteiger partial charge in [-0.15, -0.1) is 5.10 Å². The van der Waals surface area contributed by atoms with E-state index in [9.17, 15) is 9.59 Å². The zero-order chi connectivity index (χ0) is 22.9. The van der Waals surface area contributed by atoms with Crippen molar-refractivity contribution in [2.45, 2.75) is 19.5 Å². The van der Waals surface area contributed by atoms with Gasteiger partial charge < -0.3 is 5.32 Å². The number of nitrogens with zero attached hydrogens (tertiary/aromatic N) is 5. The van der Waals surface area contributed by atoms with E-state index in [1.165, 1.54) is 4.90 Å². The second kappa shape index (κ2) is 8.92. The van der Waals surface area contributed by atoms with Crippen molar-refractivity contribution >= 4 is 61.5 Å². The van der Waals surface area contributed by atoms with Crippen LogP contribution in [0.5, 0.6) is 0 Å². The number of aryl methyl sites for hydroxylation is 1. The minimum Gasteiger partial charge on any atom is -0.384 e. The van der Waals surface area contributed by atoms with E-state index in [2.05, 4.69) is 36.5 Å². The fourth-order valence-corrected chi connectivity index (χ4v) is 4.38. The van der Waals surface area contributed by atoms with E-state index < -0.39 is 11.7 Å². The Bertz CT molecular complexity index is 1390. The Hall–Kier alpha value is -3.30. The van der Waals surface area contributed by atoms with Crippen LogP contribution in [0.2, 0.25) is 5.02 Å². The number of hydrogen-bond donors (Lipinski definition) is 1. The van der Waals surface area contributed by atoms with E-state index in [0.29, 0.717) is 28.5 Å². The van der Waals surface area contributed by atoms with Crippen LogP contribution in [0.15, 0.2) is 59.3 Å². The van der Waals surface area contributed by atoms with E-state index in [4.69, 9.17) is 11.6 Å². The molecule has 4 aromatic rings. The number of pyridine rings is 1. The molecule has 0 spiro atoms. The number of carbonyl (C=O) groups excluding carboxylic acids is 2. The molecule has 10 heteroatoms. The summed E-state index contributed by atoms with van der Waals surface area (Å²) in [7, 11) is 0. The number of Topliss-reactive ketones (excluding diaryl/α,β-unsaturated/α-hetero) is 1. The Balaban J connectivity index is 1.19. The summed E-state index contributed by atoms with van der Waals surface area (Å²) in [5.74, 6) is -1.05. The molecule has 0 bridgehead atoms. The topological polar surface area (TPSA) is 93.0 Å². The highest BCUT2D eigenvalue weighted by Crippen LogP contribution is 2.32. The number of anilines is 2. The summed E-state index contributed by atoms with van der Waals surface area (Å²) in [6.07, 6.45) is 4.38. The number of amides is 1. The lowest BCUT2D eigenvalue weighted by molar-refractivity contribution is -0.114. The van der Waals surface area contributed by atoms with E-state index >= 15 is 0 Å². The molecule has 166 valence electrons. The molecule has 3 heterocycles.